The zero-order valence-corrected chi connectivity index (χ0v) is 21.3. The molecule has 188 valence electrons. The second-order valence-electron chi connectivity index (χ2n) is 9.29. The lowest BCUT2D eigenvalue weighted by Crippen LogP contribution is -2.24. The summed E-state index contributed by atoms with van der Waals surface area (Å²) in [6.45, 7) is 2.64. The SMILES string of the molecule is CN1CCCCC1.COc1cc(-c2ccc(C#N)cc2)c(-c2ccc3c(c2)oc(=O)n3C)n2cncc12. The summed E-state index contributed by atoms with van der Waals surface area (Å²) in [4.78, 5) is 18.6. The maximum absolute atomic E-state index is 11.9. The van der Waals surface area contributed by atoms with Crippen LogP contribution in [0.4, 0.5) is 0 Å². The summed E-state index contributed by atoms with van der Waals surface area (Å²) in [7, 11) is 5.49. The number of hydrogen-bond acceptors (Lipinski definition) is 6. The molecule has 2 aromatic carbocycles. The number of piperidine rings is 1. The van der Waals surface area contributed by atoms with Gasteiger partial charge >= 0.3 is 5.76 Å². The number of hydrogen-bond donors (Lipinski definition) is 0. The summed E-state index contributed by atoms with van der Waals surface area (Å²) in [5.74, 6) is 0.278. The van der Waals surface area contributed by atoms with Crippen LogP contribution in [0.5, 0.6) is 5.75 Å². The van der Waals surface area contributed by atoms with Gasteiger partial charge in [-0.3, -0.25) is 8.97 Å². The van der Waals surface area contributed by atoms with Crippen molar-refractivity contribution in [1.29, 1.82) is 5.26 Å². The molecule has 8 heteroatoms. The van der Waals surface area contributed by atoms with Gasteiger partial charge in [-0.15, -0.1) is 0 Å². The molecular formula is C29H29N5O3. The number of nitriles is 1. The Balaban J connectivity index is 0.000000348. The Hall–Kier alpha value is -4.35. The van der Waals surface area contributed by atoms with Crippen molar-refractivity contribution < 1.29 is 9.15 Å². The maximum atomic E-state index is 11.9. The molecule has 4 heterocycles. The number of benzene rings is 2. The summed E-state index contributed by atoms with van der Waals surface area (Å²) < 4.78 is 14.4. The predicted octanol–water partition coefficient (Wildman–Crippen LogP) is 5.10. The van der Waals surface area contributed by atoms with Crippen LogP contribution in [-0.4, -0.2) is 46.1 Å². The molecule has 37 heavy (non-hydrogen) atoms. The Morgan fingerprint density at radius 1 is 0.973 bits per heavy atom. The average Bonchev–Trinajstić information content (AvgIpc) is 3.53. The molecule has 1 aliphatic rings. The number of oxazole rings is 1. The molecule has 1 saturated heterocycles. The van der Waals surface area contributed by atoms with Crippen molar-refractivity contribution in [3.8, 4) is 34.2 Å². The first-order valence-electron chi connectivity index (χ1n) is 12.3. The lowest BCUT2D eigenvalue weighted by Gasteiger charge is -2.20. The highest BCUT2D eigenvalue weighted by Crippen LogP contribution is 2.38. The molecule has 0 aliphatic carbocycles. The zero-order valence-electron chi connectivity index (χ0n) is 21.3. The van der Waals surface area contributed by atoms with Crippen molar-refractivity contribution in [3.63, 3.8) is 0 Å². The summed E-state index contributed by atoms with van der Waals surface area (Å²) in [6.07, 6.45) is 7.75. The second kappa shape index (κ2) is 10.3. The van der Waals surface area contributed by atoms with Crippen molar-refractivity contribution in [1.82, 2.24) is 18.9 Å². The number of methoxy groups -OCH3 is 1. The standard InChI is InChI=1S/C23H16N4O3.C6H13N/c1-26-18-8-7-16(9-21(18)30-23(26)28)22-17(15-5-3-14(11-24)4-6-15)10-20(29-2)19-12-25-13-27(19)22;1-7-5-3-2-4-6-7/h3-10,12-13H,1-2H3;2-6H2,1H3. The highest BCUT2D eigenvalue weighted by atomic mass is 16.5. The van der Waals surface area contributed by atoms with Crippen LogP contribution in [0.3, 0.4) is 0 Å². The summed E-state index contributed by atoms with van der Waals surface area (Å²) in [6, 6.07) is 17.1. The maximum Gasteiger partial charge on any atom is 0.419 e. The van der Waals surface area contributed by atoms with E-state index in [0.29, 0.717) is 16.9 Å². The Morgan fingerprint density at radius 2 is 1.70 bits per heavy atom. The van der Waals surface area contributed by atoms with Crippen LogP contribution >= 0.6 is 0 Å². The van der Waals surface area contributed by atoms with E-state index in [-0.39, 0.29) is 0 Å². The van der Waals surface area contributed by atoms with E-state index in [0.717, 1.165) is 33.4 Å². The van der Waals surface area contributed by atoms with Gasteiger partial charge in [-0.1, -0.05) is 24.6 Å². The second-order valence-corrected chi connectivity index (χ2v) is 9.29. The first kappa shape index (κ1) is 24.3. The van der Waals surface area contributed by atoms with Crippen LogP contribution in [0.1, 0.15) is 24.8 Å². The van der Waals surface area contributed by atoms with E-state index >= 15 is 0 Å². The number of pyridine rings is 1. The van der Waals surface area contributed by atoms with E-state index in [1.54, 1.807) is 38.8 Å². The monoisotopic (exact) mass is 495 g/mol. The van der Waals surface area contributed by atoms with Crippen molar-refractivity contribution in [2.45, 2.75) is 19.3 Å². The number of likely N-dealkylation sites (tertiary alicyclic amines) is 1. The van der Waals surface area contributed by atoms with Crippen molar-refractivity contribution in [2.24, 2.45) is 7.05 Å². The van der Waals surface area contributed by atoms with Gasteiger partial charge in [0.2, 0.25) is 0 Å². The van der Waals surface area contributed by atoms with Crippen LogP contribution in [0.25, 0.3) is 39.0 Å². The van der Waals surface area contributed by atoms with Crippen molar-refractivity contribution in [3.05, 3.63) is 77.2 Å². The smallest absolute Gasteiger partial charge is 0.419 e. The molecular weight excluding hydrogens is 466 g/mol. The topological polar surface area (TPSA) is 88.7 Å². The Bertz CT molecular complexity index is 1650. The molecule has 8 nitrogen and oxygen atoms in total. The summed E-state index contributed by atoms with van der Waals surface area (Å²) >= 11 is 0. The average molecular weight is 496 g/mol. The largest absolute Gasteiger partial charge is 0.494 e. The number of aryl methyl sites for hydroxylation is 1. The number of rotatable bonds is 3. The van der Waals surface area contributed by atoms with Gasteiger partial charge in [-0.05, 0) is 68.9 Å². The third-order valence-corrected chi connectivity index (χ3v) is 6.85. The van der Waals surface area contributed by atoms with Crippen molar-refractivity contribution in [2.75, 3.05) is 27.2 Å². The molecule has 1 aliphatic heterocycles. The van der Waals surface area contributed by atoms with Gasteiger partial charge < -0.3 is 14.1 Å². The third kappa shape index (κ3) is 4.74. The Morgan fingerprint density at radius 3 is 2.35 bits per heavy atom. The minimum absolute atomic E-state index is 0.406. The van der Waals surface area contributed by atoms with E-state index in [2.05, 4.69) is 23.0 Å². The van der Waals surface area contributed by atoms with E-state index < -0.39 is 5.76 Å². The van der Waals surface area contributed by atoms with Gasteiger partial charge in [0.05, 0.1) is 42.5 Å². The number of ether oxygens (including phenoxy) is 1. The molecule has 5 aromatic rings. The number of aromatic nitrogens is 3. The van der Waals surface area contributed by atoms with Gasteiger partial charge in [0.1, 0.15) is 11.3 Å². The van der Waals surface area contributed by atoms with E-state index in [9.17, 15) is 4.79 Å². The molecule has 0 radical (unpaired) electrons. The third-order valence-electron chi connectivity index (χ3n) is 6.85. The predicted molar refractivity (Wildman–Crippen MR) is 144 cm³/mol. The lowest BCUT2D eigenvalue weighted by molar-refractivity contribution is 0.277. The molecule has 3 aromatic heterocycles. The number of nitrogens with zero attached hydrogens (tertiary/aromatic N) is 5. The fraction of sp³-hybridized carbons (Fsp3) is 0.276. The van der Waals surface area contributed by atoms with Crippen LogP contribution in [0.2, 0.25) is 0 Å². The molecule has 0 atom stereocenters. The molecule has 1 fully saturated rings. The van der Waals surface area contributed by atoms with Gasteiger partial charge in [-0.25, -0.2) is 9.78 Å². The summed E-state index contributed by atoms with van der Waals surface area (Å²) in [5.41, 5.74) is 6.20. The molecule has 0 spiro atoms. The van der Waals surface area contributed by atoms with Crippen molar-refractivity contribution >= 4 is 16.6 Å². The highest BCUT2D eigenvalue weighted by molar-refractivity contribution is 5.89. The van der Waals surface area contributed by atoms with E-state index in [4.69, 9.17) is 14.4 Å². The normalized spacial score (nSPS) is 13.8. The van der Waals surface area contributed by atoms with Gasteiger partial charge in [-0.2, -0.15) is 5.26 Å². The van der Waals surface area contributed by atoms with Crippen LogP contribution < -0.4 is 10.5 Å². The fourth-order valence-corrected chi connectivity index (χ4v) is 4.79. The fourth-order valence-electron chi connectivity index (χ4n) is 4.79. The van der Waals surface area contributed by atoms with Crippen LogP contribution in [0, 0.1) is 11.3 Å². The van der Waals surface area contributed by atoms with Gasteiger partial charge in [0.15, 0.2) is 5.58 Å². The van der Waals surface area contributed by atoms with E-state index in [1.165, 1.54) is 36.9 Å². The molecule has 0 bridgehead atoms. The molecule has 0 N–H and O–H groups in total. The first-order valence-corrected chi connectivity index (χ1v) is 12.3. The first-order chi connectivity index (χ1) is 18.0. The number of fused-ring (bicyclic) bond motifs is 2. The van der Waals surface area contributed by atoms with Gasteiger partial charge in [0.25, 0.3) is 0 Å². The Kier molecular flexibility index (Phi) is 6.80. The quantitative estimate of drug-likeness (QED) is 0.346. The zero-order chi connectivity index (χ0) is 25.9. The molecule has 6 rings (SSSR count). The number of imidazole rings is 1. The van der Waals surface area contributed by atoms with E-state index in [1.807, 2.05) is 40.8 Å². The molecule has 0 saturated carbocycles. The Labute approximate surface area is 215 Å². The minimum atomic E-state index is -0.406. The van der Waals surface area contributed by atoms with Crippen LogP contribution in [0.15, 0.2) is 70.3 Å². The van der Waals surface area contributed by atoms with Gasteiger partial charge in [0, 0.05) is 18.2 Å². The highest BCUT2D eigenvalue weighted by Gasteiger charge is 2.18. The summed E-state index contributed by atoms with van der Waals surface area (Å²) in [5, 5.41) is 9.13. The minimum Gasteiger partial charge on any atom is -0.494 e. The lowest BCUT2D eigenvalue weighted by atomic mass is 9.97. The molecule has 0 unspecified atom stereocenters. The van der Waals surface area contributed by atoms with Crippen LogP contribution in [-0.2, 0) is 7.05 Å². The molecule has 0 amide bonds.